The summed E-state index contributed by atoms with van der Waals surface area (Å²) in [6, 6.07) is 18.1. The number of hydrogen-bond acceptors (Lipinski definition) is 1. The van der Waals surface area contributed by atoms with E-state index in [1.165, 1.54) is 47.9 Å². The highest BCUT2D eigenvalue weighted by Crippen LogP contribution is 2.44. The number of rotatable bonds is 3. The zero-order valence-electron chi connectivity index (χ0n) is 12.7. The van der Waals surface area contributed by atoms with Gasteiger partial charge in [0, 0.05) is 6.54 Å². The molecule has 0 aliphatic heterocycles. The smallest absolute Gasteiger partial charge is 0.0589 e. The molecule has 108 valence electrons. The highest BCUT2D eigenvalue weighted by molar-refractivity contribution is 5.78. The topological polar surface area (TPSA) is 12.0 Å². The Morgan fingerprint density at radius 3 is 2.00 bits per heavy atom. The van der Waals surface area contributed by atoms with Crippen LogP contribution in [0, 0.1) is 5.41 Å². The molecule has 0 radical (unpaired) electrons. The summed E-state index contributed by atoms with van der Waals surface area (Å²) in [5.41, 5.74) is 6.19. The first-order valence-corrected chi connectivity index (χ1v) is 8.18. The fraction of sp³-hybridized carbons (Fsp3) is 0.400. The molecule has 4 rings (SSSR count). The highest BCUT2D eigenvalue weighted by Gasteiger charge is 2.32. The van der Waals surface area contributed by atoms with E-state index in [4.69, 9.17) is 0 Å². The van der Waals surface area contributed by atoms with E-state index in [1.807, 2.05) is 0 Å². The van der Waals surface area contributed by atoms with Crippen LogP contribution < -0.4 is 5.32 Å². The summed E-state index contributed by atoms with van der Waals surface area (Å²) < 4.78 is 0. The van der Waals surface area contributed by atoms with Crippen LogP contribution >= 0.6 is 0 Å². The summed E-state index contributed by atoms with van der Waals surface area (Å²) in [6.45, 7) is 3.57. The largest absolute Gasteiger partial charge is 0.306 e. The fourth-order valence-electron chi connectivity index (χ4n) is 4.13. The zero-order valence-corrected chi connectivity index (χ0v) is 12.7. The maximum atomic E-state index is 3.88. The average Bonchev–Trinajstić information content (AvgIpc) is 3.08. The maximum absolute atomic E-state index is 3.88. The van der Waals surface area contributed by atoms with Gasteiger partial charge in [-0.3, -0.25) is 0 Å². The Hall–Kier alpha value is -1.60. The normalized spacial score (nSPS) is 19.5. The molecule has 1 heteroatoms. The molecule has 1 saturated carbocycles. The van der Waals surface area contributed by atoms with E-state index in [0.717, 1.165) is 6.54 Å². The van der Waals surface area contributed by atoms with Gasteiger partial charge < -0.3 is 5.32 Å². The van der Waals surface area contributed by atoms with Crippen molar-refractivity contribution in [2.45, 2.75) is 38.6 Å². The van der Waals surface area contributed by atoms with Crippen LogP contribution in [0.3, 0.4) is 0 Å². The molecule has 2 aromatic rings. The minimum atomic E-state index is 0.370. The van der Waals surface area contributed by atoms with E-state index in [-0.39, 0.29) is 0 Å². The minimum Gasteiger partial charge on any atom is -0.306 e. The molecule has 0 amide bonds. The van der Waals surface area contributed by atoms with Gasteiger partial charge in [-0.15, -0.1) is 0 Å². The summed E-state index contributed by atoms with van der Waals surface area (Å²) in [5.74, 6) is 0. The lowest BCUT2D eigenvalue weighted by Crippen LogP contribution is -2.32. The van der Waals surface area contributed by atoms with E-state index in [0.29, 0.717) is 11.5 Å². The molecule has 0 bridgehead atoms. The molecule has 2 aliphatic rings. The summed E-state index contributed by atoms with van der Waals surface area (Å²) >= 11 is 0. The summed E-state index contributed by atoms with van der Waals surface area (Å²) in [6.07, 6.45) is 5.54. The van der Waals surface area contributed by atoms with Gasteiger partial charge in [0.15, 0.2) is 0 Å². The quantitative estimate of drug-likeness (QED) is 0.839. The second-order valence-corrected chi connectivity index (χ2v) is 7.01. The molecule has 0 aromatic heterocycles. The third-order valence-corrected chi connectivity index (χ3v) is 5.38. The first-order chi connectivity index (χ1) is 10.3. The van der Waals surface area contributed by atoms with Crippen molar-refractivity contribution in [3.05, 3.63) is 59.7 Å². The third kappa shape index (κ3) is 2.20. The molecule has 1 fully saturated rings. The zero-order chi connectivity index (χ0) is 14.3. The number of hydrogen-bond donors (Lipinski definition) is 1. The van der Waals surface area contributed by atoms with Gasteiger partial charge in [-0.1, -0.05) is 68.3 Å². The van der Waals surface area contributed by atoms with Crippen molar-refractivity contribution in [3.63, 3.8) is 0 Å². The minimum absolute atomic E-state index is 0.370. The van der Waals surface area contributed by atoms with Crippen LogP contribution in [-0.2, 0) is 0 Å². The molecule has 21 heavy (non-hydrogen) atoms. The van der Waals surface area contributed by atoms with Crippen LogP contribution in [0.5, 0.6) is 0 Å². The molecular weight excluding hydrogens is 254 g/mol. The van der Waals surface area contributed by atoms with Gasteiger partial charge in [0.2, 0.25) is 0 Å². The second-order valence-electron chi connectivity index (χ2n) is 7.01. The standard InChI is InChI=1S/C20H23N/c1-20(12-6-7-13-20)14-21-19-17-10-4-2-8-15(17)16-9-3-5-11-18(16)19/h2-5,8-11,19,21H,6-7,12-14H2,1H3. The molecule has 0 saturated heterocycles. The van der Waals surface area contributed by atoms with E-state index < -0.39 is 0 Å². The van der Waals surface area contributed by atoms with Crippen LogP contribution in [0.15, 0.2) is 48.5 Å². The van der Waals surface area contributed by atoms with Crippen LogP contribution in [-0.4, -0.2) is 6.54 Å². The highest BCUT2D eigenvalue weighted by atomic mass is 14.9. The van der Waals surface area contributed by atoms with Crippen LogP contribution in [0.1, 0.15) is 49.8 Å². The van der Waals surface area contributed by atoms with E-state index in [9.17, 15) is 0 Å². The summed E-state index contributed by atoms with van der Waals surface area (Å²) in [4.78, 5) is 0. The lowest BCUT2D eigenvalue weighted by Gasteiger charge is -2.27. The molecular formula is C20H23N. The van der Waals surface area contributed by atoms with Crippen molar-refractivity contribution in [1.29, 1.82) is 0 Å². The Bertz CT molecular complexity index is 607. The number of nitrogens with one attached hydrogen (secondary N) is 1. The van der Waals surface area contributed by atoms with E-state index >= 15 is 0 Å². The first kappa shape index (κ1) is 13.1. The van der Waals surface area contributed by atoms with Gasteiger partial charge in [-0.05, 0) is 40.5 Å². The van der Waals surface area contributed by atoms with Crippen LogP contribution in [0.4, 0.5) is 0 Å². The Morgan fingerprint density at radius 1 is 0.905 bits per heavy atom. The molecule has 0 spiro atoms. The number of fused-ring (bicyclic) bond motifs is 3. The van der Waals surface area contributed by atoms with Gasteiger partial charge in [0.1, 0.15) is 0 Å². The lowest BCUT2D eigenvalue weighted by molar-refractivity contribution is 0.306. The molecule has 2 aliphatic carbocycles. The Kier molecular flexibility index (Phi) is 3.11. The number of benzene rings is 2. The van der Waals surface area contributed by atoms with Crippen LogP contribution in [0.25, 0.3) is 11.1 Å². The Labute approximate surface area is 127 Å². The molecule has 1 N–H and O–H groups in total. The Balaban J connectivity index is 1.65. The second kappa shape index (κ2) is 4.99. The Morgan fingerprint density at radius 2 is 1.43 bits per heavy atom. The third-order valence-electron chi connectivity index (χ3n) is 5.38. The summed E-state index contributed by atoms with van der Waals surface area (Å²) in [7, 11) is 0. The van der Waals surface area contributed by atoms with Crippen molar-refractivity contribution >= 4 is 0 Å². The van der Waals surface area contributed by atoms with Crippen LogP contribution in [0.2, 0.25) is 0 Å². The van der Waals surface area contributed by atoms with E-state index in [1.54, 1.807) is 0 Å². The van der Waals surface area contributed by atoms with Crippen molar-refractivity contribution in [2.24, 2.45) is 5.41 Å². The van der Waals surface area contributed by atoms with E-state index in [2.05, 4.69) is 60.8 Å². The average molecular weight is 277 g/mol. The molecule has 2 aromatic carbocycles. The van der Waals surface area contributed by atoms with Crippen molar-refractivity contribution in [2.75, 3.05) is 6.54 Å². The molecule has 0 atom stereocenters. The first-order valence-electron chi connectivity index (χ1n) is 8.18. The van der Waals surface area contributed by atoms with Gasteiger partial charge in [-0.2, -0.15) is 0 Å². The van der Waals surface area contributed by atoms with Crippen molar-refractivity contribution in [1.82, 2.24) is 5.32 Å². The fourth-order valence-corrected chi connectivity index (χ4v) is 4.13. The van der Waals surface area contributed by atoms with Crippen molar-refractivity contribution in [3.8, 4) is 11.1 Å². The lowest BCUT2D eigenvalue weighted by atomic mass is 9.88. The SMILES string of the molecule is CC1(CNC2c3ccccc3-c3ccccc32)CCCC1. The van der Waals surface area contributed by atoms with Gasteiger partial charge >= 0.3 is 0 Å². The van der Waals surface area contributed by atoms with Gasteiger partial charge in [0.05, 0.1) is 6.04 Å². The summed E-state index contributed by atoms with van der Waals surface area (Å²) in [5, 5.41) is 3.88. The van der Waals surface area contributed by atoms with Gasteiger partial charge in [-0.25, -0.2) is 0 Å². The molecule has 1 nitrogen and oxygen atoms in total. The maximum Gasteiger partial charge on any atom is 0.0589 e. The predicted molar refractivity (Wildman–Crippen MR) is 88.3 cm³/mol. The predicted octanol–water partition coefficient (Wildman–Crippen LogP) is 4.93. The molecule has 0 unspecified atom stereocenters. The van der Waals surface area contributed by atoms with Gasteiger partial charge in [0.25, 0.3) is 0 Å². The molecule has 0 heterocycles. The monoisotopic (exact) mass is 277 g/mol. The van der Waals surface area contributed by atoms with Crippen molar-refractivity contribution < 1.29 is 0 Å².